The number of nitrogens with one attached hydrogen (secondary N) is 1. The second-order valence-corrected chi connectivity index (χ2v) is 3.86. The highest BCUT2D eigenvalue weighted by Crippen LogP contribution is 2.06. The number of aromatic nitrogens is 1. The van der Waals surface area contributed by atoms with Crippen LogP contribution in [0.15, 0.2) is 41.2 Å². The molecule has 0 saturated carbocycles. The summed E-state index contributed by atoms with van der Waals surface area (Å²) in [5, 5.41) is 25.2. The lowest BCUT2D eigenvalue weighted by atomic mass is 10.2. The Hall–Kier alpha value is -2.67. The van der Waals surface area contributed by atoms with Gasteiger partial charge < -0.3 is 20.3 Å². The molecule has 0 aliphatic heterocycles. The maximum atomic E-state index is 10.8. The molecule has 1 aromatic heterocycles. The van der Waals surface area contributed by atoms with Crippen molar-refractivity contribution in [3.8, 4) is 0 Å². The Morgan fingerprint density at radius 2 is 1.75 bits per heavy atom. The quantitative estimate of drug-likeness (QED) is 0.645. The van der Waals surface area contributed by atoms with E-state index in [0.717, 1.165) is 10.9 Å². The first-order valence-electron chi connectivity index (χ1n) is 5.61. The Bertz CT molecular complexity index is 663. The molecular formula is C13H13NO6. The van der Waals surface area contributed by atoms with Gasteiger partial charge in [0.15, 0.2) is 6.10 Å². The summed E-state index contributed by atoms with van der Waals surface area (Å²) in [6.07, 6.45) is -2.54. The van der Waals surface area contributed by atoms with Crippen molar-refractivity contribution < 1.29 is 24.9 Å². The van der Waals surface area contributed by atoms with Gasteiger partial charge in [-0.1, -0.05) is 18.2 Å². The van der Waals surface area contributed by atoms with Gasteiger partial charge >= 0.3 is 11.9 Å². The summed E-state index contributed by atoms with van der Waals surface area (Å²) >= 11 is 0. The van der Waals surface area contributed by atoms with Gasteiger partial charge in [0.1, 0.15) is 0 Å². The number of aliphatic carboxylic acids is 2. The van der Waals surface area contributed by atoms with Crippen LogP contribution in [0.5, 0.6) is 0 Å². The highest BCUT2D eigenvalue weighted by molar-refractivity contribution is 5.79. The number of aliphatic hydroxyl groups excluding tert-OH is 1. The fourth-order valence-electron chi connectivity index (χ4n) is 1.35. The topological polar surface area (TPSA) is 128 Å². The second-order valence-electron chi connectivity index (χ2n) is 3.86. The van der Waals surface area contributed by atoms with Gasteiger partial charge in [0.25, 0.3) is 0 Å². The molecule has 0 aliphatic carbocycles. The first-order valence-corrected chi connectivity index (χ1v) is 5.61. The number of aliphatic hydroxyl groups is 1. The number of carbonyl (C=O) groups is 2. The first-order chi connectivity index (χ1) is 9.40. The van der Waals surface area contributed by atoms with Crippen LogP contribution < -0.4 is 5.56 Å². The number of carboxylic acids is 2. The highest BCUT2D eigenvalue weighted by atomic mass is 16.4. The molecule has 2 rings (SSSR count). The molecule has 7 nitrogen and oxygen atoms in total. The van der Waals surface area contributed by atoms with E-state index < -0.39 is 24.5 Å². The van der Waals surface area contributed by atoms with Crippen LogP contribution in [-0.4, -0.2) is 38.3 Å². The van der Waals surface area contributed by atoms with Crippen LogP contribution in [-0.2, 0) is 9.59 Å². The molecule has 0 aliphatic rings. The zero-order valence-corrected chi connectivity index (χ0v) is 10.3. The van der Waals surface area contributed by atoms with Crippen LogP contribution in [0.1, 0.15) is 6.42 Å². The monoisotopic (exact) mass is 279 g/mol. The van der Waals surface area contributed by atoms with Gasteiger partial charge in [-0.15, -0.1) is 0 Å². The molecular weight excluding hydrogens is 266 g/mol. The van der Waals surface area contributed by atoms with Crippen molar-refractivity contribution in [1.82, 2.24) is 4.98 Å². The molecule has 0 bridgehead atoms. The van der Waals surface area contributed by atoms with Gasteiger partial charge in [-0.05, 0) is 17.5 Å². The Morgan fingerprint density at radius 1 is 1.10 bits per heavy atom. The van der Waals surface area contributed by atoms with Gasteiger partial charge in [-0.3, -0.25) is 9.59 Å². The SMILES string of the molecule is O=C(O)CC(O)C(=O)O.O=c1ccc2ccccc2[nH]1. The molecule has 0 amide bonds. The normalized spacial score (nSPS) is 11.2. The number of carboxylic acid groups (broad SMARTS) is 2. The lowest BCUT2D eigenvalue weighted by Crippen LogP contribution is -2.22. The molecule has 0 saturated heterocycles. The van der Waals surface area contributed by atoms with Crippen molar-refractivity contribution in [3.05, 3.63) is 46.8 Å². The van der Waals surface area contributed by atoms with Gasteiger partial charge in [0, 0.05) is 11.6 Å². The summed E-state index contributed by atoms with van der Waals surface area (Å²) in [4.78, 5) is 33.0. The average Bonchev–Trinajstić information content (AvgIpc) is 2.38. The molecule has 0 fully saturated rings. The zero-order chi connectivity index (χ0) is 15.1. The number of hydrogen-bond acceptors (Lipinski definition) is 4. The molecule has 106 valence electrons. The fourth-order valence-corrected chi connectivity index (χ4v) is 1.35. The molecule has 20 heavy (non-hydrogen) atoms. The Kier molecular flexibility index (Phi) is 5.42. The lowest BCUT2D eigenvalue weighted by molar-refractivity contribution is -0.152. The summed E-state index contributed by atoms with van der Waals surface area (Å²) in [6, 6.07) is 11.0. The number of benzene rings is 1. The standard InChI is InChI=1S/C9H7NO.C4H6O5/c11-9-6-5-7-3-1-2-4-8(7)10-9;5-2(4(8)9)1-3(6)7/h1-6H,(H,10,11);2,5H,1H2,(H,6,7)(H,8,9). The summed E-state index contributed by atoms with van der Waals surface area (Å²) < 4.78 is 0. The average molecular weight is 279 g/mol. The van der Waals surface area contributed by atoms with E-state index in [9.17, 15) is 14.4 Å². The Labute approximate surface area is 113 Å². The third-order valence-electron chi connectivity index (χ3n) is 2.29. The minimum Gasteiger partial charge on any atom is -0.481 e. The van der Waals surface area contributed by atoms with E-state index in [0.29, 0.717) is 0 Å². The highest BCUT2D eigenvalue weighted by Gasteiger charge is 2.16. The minimum absolute atomic E-state index is 0.0521. The molecule has 2 aromatic rings. The number of rotatable bonds is 3. The van der Waals surface area contributed by atoms with Crippen molar-refractivity contribution >= 4 is 22.8 Å². The predicted octanol–water partition coefficient (Wildman–Crippen LogP) is 0.435. The van der Waals surface area contributed by atoms with E-state index in [1.54, 1.807) is 0 Å². The van der Waals surface area contributed by atoms with Crippen LogP contribution in [0.25, 0.3) is 10.9 Å². The van der Waals surface area contributed by atoms with E-state index >= 15 is 0 Å². The number of fused-ring (bicyclic) bond motifs is 1. The van der Waals surface area contributed by atoms with E-state index in [1.165, 1.54) is 6.07 Å². The zero-order valence-electron chi connectivity index (χ0n) is 10.3. The van der Waals surface area contributed by atoms with E-state index in [1.807, 2.05) is 30.3 Å². The van der Waals surface area contributed by atoms with E-state index in [2.05, 4.69) is 4.98 Å². The predicted molar refractivity (Wildman–Crippen MR) is 70.5 cm³/mol. The van der Waals surface area contributed by atoms with Crippen LogP contribution in [0, 0.1) is 0 Å². The van der Waals surface area contributed by atoms with Crippen LogP contribution in [0.2, 0.25) is 0 Å². The molecule has 0 spiro atoms. The van der Waals surface area contributed by atoms with Crippen molar-refractivity contribution in [1.29, 1.82) is 0 Å². The third kappa shape index (κ3) is 4.91. The van der Waals surface area contributed by atoms with Crippen molar-refractivity contribution in [2.45, 2.75) is 12.5 Å². The number of para-hydroxylation sites is 1. The molecule has 1 heterocycles. The third-order valence-corrected chi connectivity index (χ3v) is 2.29. The molecule has 4 N–H and O–H groups in total. The van der Waals surface area contributed by atoms with Gasteiger partial charge in [0.05, 0.1) is 6.42 Å². The number of hydrogen-bond donors (Lipinski definition) is 4. The van der Waals surface area contributed by atoms with Crippen LogP contribution in [0.3, 0.4) is 0 Å². The first kappa shape index (κ1) is 15.4. The summed E-state index contributed by atoms with van der Waals surface area (Å²) in [7, 11) is 0. The molecule has 7 heteroatoms. The molecule has 0 radical (unpaired) electrons. The van der Waals surface area contributed by atoms with E-state index in [4.69, 9.17) is 15.3 Å². The number of pyridine rings is 1. The maximum absolute atomic E-state index is 10.8. The van der Waals surface area contributed by atoms with Crippen molar-refractivity contribution in [2.24, 2.45) is 0 Å². The number of H-pyrrole nitrogens is 1. The van der Waals surface area contributed by atoms with Gasteiger partial charge in [-0.2, -0.15) is 0 Å². The summed E-state index contributed by atoms with van der Waals surface area (Å²) in [5.74, 6) is -2.85. The van der Waals surface area contributed by atoms with Gasteiger partial charge in [0.2, 0.25) is 5.56 Å². The molecule has 1 atom stereocenters. The number of aromatic amines is 1. The van der Waals surface area contributed by atoms with E-state index in [-0.39, 0.29) is 5.56 Å². The fraction of sp³-hybridized carbons (Fsp3) is 0.154. The van der Waals surface area contributed by atoms with Crippen LogP contribution in [0.4, 0.5) is 0 Å². The molecule has 1 unspecified atom stereocenters. The lowest BCUT2D eigenvalue weighted by Gasteiger charge is -1.97. The molecule has 1 aromatic carbocycles. The van der Waals surface area contributed by atoms with Crippen molar-refractivity contribution in [2.75, 3.05) is 0 Å². The minimum atomic E-state index is -1.79. The summed E-state index contributed by atoms with van der Waals surface area (Å²) in [5.41, 5.74) is 0.837. The van der Waals surface area contributed by atoms with Crippen molar-refractivity contribution in [3.63, 3.8) is 0 Å². The second kappa shape index (κ2) is 7.05. The maximum Gasteiger partial charge on any atom is 0.333 e. The largest absolute Gasteiger partial charge is 0.481 e. The Balaban J connectivity index is 0.000000206. The Morgan fingerprint density at radius 3 is 2.30 bits per heavy atom. The van der Waals surface area contributed by atoms with Gasteiger partial charge in [-0.25, -0.2) is 4.79 Å². The summed E-state index contributed by atoms with van der Waals surface area (Å²) in [6.45, 7) is 0. The smallest absolute Gasteiger partial charge is 0.333 e. The van der Waals surface area contributed by atoms with Crippen LogP contribution >= 0.6 is 0 Å².